The van der Waals surface area contributed by atoms with E-state index in [4.69, 9.17) is 0 Å². The molecule has 0 saturated heterocycles. The van der Waals surface area contributed by atoms with E-state index in [1.54, 1.807) is 22.7 Å². The van der Waals surface area contributed by atoms with Crippen LogP contribution in [0.4, 0.5) is 10.3 Å². The SMILES string of the molecule is CNc1nnc(CCSCCc2nnc(NC)s2)s1. The van der Waals surface area contributed by atoms with Crippen molar-refractivity contribution in [1.29, 1.82) is 0 Å². The van der Waals surface area contributed by atoms with Gasteiger partial charge in [-0.15, -0.1) is 20.4 Å². The molecular formula is C10H16N6S3. The van der Waals surface area contributed by atoms with E-state index in [1.165, 1.54) is 0 Å². The van der Waals surface area contributed by atoms with Crippen molar-refractivity contribution in [3.8, 4) is 0 Å². The predicted octanol–water partition coefficient (Wildman–Crippen LogP) is 1.99. The van der Waals surface area contributed by atoms with Crippen LogP contribution in [0.5, 0.6) is 0 Å². The van der Waals surface area contributed by atoms with E-state index in [9.17, 15) is 0 Å². The molecule has 19 heavy (non-hydrogen) atoms. The Morgan fingerprint density at radius 3 is 1.68 bits per heavy atom. The summed E-state index contributed by atoms with van der Waals surface area (Å²) in [5.41, 5.74) is 0. The second-order valence-corrected chi connectivity index (χ2v) is 6.96. The Morgan fingerprint density at radius 1 is 0.842 bits per heavy atom. The van der Waals surface area contributed by atoms with Crippen LogP contribution in [-0.4, -0.2) is 46.0 Å². The minimum absolute atomic E-state index is 0.883. The van der Waals surface area contributed by atoms with Crippen molar-refractivity contribution in [2.75, 3.05) is 36.2 Å². The van der Waals surface area contributed by atoms with Crippen molar-refractivity contribution in [2.45, 2.75) is 12.8 Å². The predicted molar refractivity (Wildman–Crippen MR) is 83.6 cm³/mol. The van der Waals surface area contributed by atoms with Crippen LogP contribution in [0.15, 0.2) is 0 Å². The molecule has 104 valence electrons. The summed E-state index contributed by atoms with van der Waals surface area (Å²) in [6.45, 7) is 0. The summed E-state index contributed by atoms with van der Waals surface area (Å²) < 4.78 is 0. The summed E-state index contributed by atoms with van der Waals surface area (Å²) >= 11 is 5.15. The molecule has 6 nitrogen and oxygen atoms in total. The number of nitrogens with one attached hydrogen (secondary N) is 2. The van der Waals surface area contributed by atoms with Gasteiger partial charge in [0.25, 0.3) is 0 Å². The van der Waals surface area contributed by atoms with Gasteiger partial charge in [-0.1, -0.05) is 22.7 Å². The number of nitrogens with zero attached hydrogens (tertiary/aromatic N) is 4. The van der Waals surface area contributed by atoms with Gasteiger partial charge in [0.1, 0.15) is 10.0 Å². The molecular weight excluding hydrogens is 300 g/mol. The zero-order chi connectivity index (χ0) is 13.5. The van der Waals surface area contributed by atoms with Gasteiger partial charge in [-0.2, -0.15) is 11.8 Å². The molecule has 0 aliphatic carbocycles. The molecule has 0 unspecified atom stereocenters. The highest BCUT2D eigenvalue weighted by molar-refractivity contribution is 7.99. The maximum Gasteiger partial charge on any atom is 0.205 e. The van der Waals surface area contributed by atoms with E-state index in [2.05, 4.69) is 31.0 Å². The molecule has 2 N–H and O–H groups in total. The molecule has 0 aliphatic rings. The molecule has 0 spiro atoms. The van der Waals surface area contributed by atoms with E-state index < -0.39 is 0 Å². The monoisotopic (exact) mass is 316 g/mol. The van der Waals surface area contributed by atoms with Gasteiger partial charge in [-0.25, -0.2) is 0 Å². The molecule has 2 aromatic heterocycles. The summed E-state index contributed by atoms with van der Waals surface area (Å²) in [5, 5.41) is 26.2. The number of aryl methyl sites for hydroxylation is 2. The summed E-state index contributed by atoms with van der Waals surface area (Å²) in [6, 6.07) is 0. The number of thioether (sulfide) groups is 1. The van der Waals surface area contributed by atoms with Gasteiger partial charge in [-0.05, 0) is 11.5 Å². The van der Waals surface area contributed by atoms with E-state index in [1.807, 2.05) is 25.9 Å². The lowest BCUT2D eigenvalue weighted by Crippen LogP contribution is -1.92. The number of hydrogen-bond acceptors (Lipinski definition) is 9. The standard InChI is InChI=1S/C10H16N6S3/c1-11-9-15-13-7(18-9)3-5-17-6-4-8-14-16-10(12-2)19-8/h3-6H2,1-2H3,(H,11,15)(H,12,16). The molecule has 0 aromatic carbocycles. The first-order chi connectivity index (χ1) is 9.31. The molecule has 0 saturated carbocycles. The van der Waals surface area contributed by atoms with Gasteiger partial charge >= 0.3 is 0 Å². The van der Waals surface area contributed by atoms with E-state index >= 15 is 0 Å². The zero-order valence-electron chi connectivity index (χ0n) is 10.8. The van der Waals surface area contributed by atoms with Crippen molar-refractivity contribution in [3.05, 3.63) is 10.0 Å². The van der Waals surface area contributed by atoms with Crippen molar-refractivity contribution < 1.29 is 0 Å². The topological polar surface area (TPSA) is 75.6 Å². The Morgan fingerprint density at radius 2 is 1.32 bits per heavy atom. The minimum atomic E-state index is 0.883. The summed E-state index contributed by atoms with van der Waals surface area (Å²) in [4.78, 5) is 0. The average molecular weight is 316 g/mol. The lowest BCUT2D eigenvalue weighted by Gasteiger charge is -1.97. The fraction of sp³-hybridized carbons (Fsp3) is 0.600. The second-order valence-electron chi connectivity index (χ2n) is 3.61. The third kappa shape index (κ3) is 4.59. The Labute approximate surface area is 124 Å². The Balaban J connectivity index is 1.61. The molecule has 0 bridgehead atoms. The normalized spacial score (nSPS) is 10.6. The van der Waals surface area contributed by atoms with Crippen LogP contribution in [0.2, 0.25) is 0 Å². The highest BCUT2D eigenvalue weighted by atomic mass is 32.2. The van der Waals surface area contributed by atoms with E-state index in [0.717, 1.165) is 44.6 Å². The van der Waals surface area contributed by atoms with Gasteiger partial charge in [-0.3, -0.25) is 0 Å². The summed E-state index contributed by atoms with van der Waals surface area (Å²) in [7, 11) is 3.72. The molecule has 2 rings (SSSR count). The molecule has 0 atom stereocenters. The molecule has 0 fully saturated rings. The van der Waals surface area contributed by atoms with Crippen LogP contribution in [0.1, 0.15) is 10.0 Å². The fourth-order valence-electron chi connectivity index (χ4n) is 1.33. The van der Waals surface area contributed by atoms with Crippen LogP contribution < -0.4 is 10.6 Å². The van der Waals surface area contributed by atoms with Crippen molar-refractivity contribution in [3.63, 3.8) is 0 Å². The summed E-state index contributed by atoms with van der Waals surface area (Å²) in [6.07, 6.45) is 1.95. The Hall–Kier alpha value is -0.930. The van der Waals surface area contributed by atoms with Crippen LogP contribution in [-0.2, 0) is 12.8 Å². The van der Waals surface area contributed by atoms with Crippen LogP contribution in [0, 0.1) is 0 Å². The van der Waals surface area contributed by atoms with E-state index in [0.29, 0.717) is 0 Å². The lowest BCUT2D eigenvalue weighted by atomic mass is 10.5. The van der Waals surface area contributed by atoms with Gasteiger partial charge in [0.2, 0.25) is 10.3 Å². The van der Waals surface area contributed by atoms with Crippen LogP contribution in [0.25, 0.3) is 0 Å². The fourth-order valence-corrected chi connectivity index (χ4v) is 3.86. The molecule has 2 aromatic rings. The third-order valence-corrected chi connectivity index (χ3v) is 5.27. The highest BCUT2D eigenvalue weighted by Gasteiger charge is 2.04. The largest absolute Gasteiger partial charge is 0.363 e. The number of hydrogen-bond donors (Lipinski definition) is 2. The van der Waals surface area contributed by atoms with Crippen molar-refractivity contribution in [2.24, 2.45) is 0 Å². The maximum absolute atomic E-state index is 4.12. The number of rotatable bonds is 8. The first-order valence-corrected chi connectivity index (χ1v) is 8.68. The highest BCUT2D eigenvalue weighted by Crippen LogP contribution is 2.18. The minimum Gasteiger partial charge on any atom is -0.363 e. The number of aromatic nitrogens is 4. The Kier molecular flexibility index (Phi) is 5.80. The molecule has 2 heterocycles. The molecule has 9 heteroatoms. The third-order valence-electron chi connectivity index (χ3n) is 2.28. The maximum atomic E-state index is 4.12. The average Bonchev–Trinajstić information content (AvgIpc) is 3.06. The van der Waals surface area contributed by atoms with Gasteiger partial charge in [0.05, 0.1) is 0 Å². The van der Waals surface area contributed by atoms with Crippen LogP contribution >= 0.6 is 34.4 Å². The summed E-state index contributed by atoms with van der Waals surface area (Å²) in [5.74, 6) is 2.13. The molecule has 0 radical (unpaired) electrons. The van der Waals surface area contributed by atoms with Crippen LogP contribution in [0.3, 0.4) is 0 Å². The quantitative estimate of drug-likeness (QED) is 0.721. The van der Waals surface area contributed by atoms with E-state index in [-0.39, 0.29) is 0 Å². The Bertz CT molecular complexity index is 453. The van der Waals surface area contributed by atoms with Gasteiger partial charge in [0.15, 0.2) is 0 Å². The lowest BCUT2D eigenvalue weighted by molar-refractivity contribution is 0.980. The second kappa shape index (κ2) is 7.61. The van der Waals surface area contributed by atoms with Crippen molar-refractivity contribution >= 4 is 44.7 Å². The molecule has 0 aliphatic heterocycles. The number of anilines is 2. The zero-order valence-corrected chi connectivity index (χ0v) is 13.3. The first kappa shape index (κ1) is 14.5. The molecule has 0 amide bonds. The van der Waals surface area contributed by atoms with Gasteiger partial charge < -0.3 is 10.6 Å². The smallest absolute Gasteiger partial charge is 0.205 e. The first-order valence-electron chi connectivity index (χ1n) is 5.90. The van der Waals surface area contributed by atoms with Crippen molar-refractivity contribution in [1.82, 2.24) is 20.4 Å². The van der Waals surface area contributed by atoms with Gasteiger partial charge in [0, 0.05) is 26.9 Å².